The number of benzene rings is 2. The highest BCUT2D eigenvalue weighted by Gasteiger charge is 2.37. The van der Waals surface area contributed by atoms with E-state index in [-0.39, 0.29) is 17.3 Å². The van der Waals surface area contributed by atoms with Gasteiger partial charge in [0.15, 0.2) is 0 Å². The molecule has 2 heterocycles. The van der Waals surface area contributed by atoms with Crippen LogP contribution in [0.5, 0.6) is 0 Å². The summed E-state index contributed by atoms with van der Waals surface area (Å²) >= 11 is 5.92. The molecule has 1 aromatic heterocycles. The molecule has 1 aliphatic rings. The highest BCUT2D eigenvalue weighted by Crippen LogP contribution is 2.28. The molecule has 1 amide bonds. The highest BCUT2D eigenvalue weighted by molar-refractivity contribution is 7.89. The molecule has 0 bridgehead atoms. The van der Waals surface area contributed by atoms with Crippen molar-refractivity contribution in [2.75, 3.05) is 6.54 Å². The van der Waals surface area contributed by atoms with Gasteiger partial charge in [0.2, 0.25) is 15.9 Å². The summed E-state index contributed by atoms with van der Waals surface area (Å²) in [6.45, 7) is 0.520. The third-order valence-electron chi connectivity index (χ3n) is 5.06. The first-order valence-corrected chi connectivity index (χ1v) is 11.3. The number of hydrogen-bond donors (Lipinski definition) is 1. The van der Waals surface area contributed by atoms with Gasteiger partial charge in [-0.05, 0) is 55.7 Å². The maximum absolute atomic E-state index is 13.5. The average molecular weight is 433 g/mol. The second kappa shape index (κ2) is 8.18. The van der Waals surface area contributed by atoms with Crippen molar-refractivity contribution in [3.8, 4) is 0 Å². The zero-order valence-electron chi connectivity index (χ0n) is 15.7. The lowest BCUT2D eigenvalue weighted by Crippen LogP contribution is -2.48. The number of para-hydroxylation sites is 1. The summed E-state index contributed by atoms with van der Waals surface area (Å²) in [6.07, 6.45) is 2.04. The second-order valence-electron chi connectivity index (χ2n) is 7.06. The van der Waals surface area contributed by atoms with Crippen LogP contribution in [-0.2, 0) is 21.4 Å². The lowest BCUT2D eigenvalue weighted by atomic mass is 10.1. The van der Waals surface area contributed by atoms with Gasteiger partial charge >= 0.3 is 0 Å². The van der Waals surface area contributed by atoms with Crippen molar-refractivity contribution in [1.29, 1.82) is 0 Å². The molecule has 0 aliphatic carbocycles. The van der Waals surface area contributed by atoms with E-state index in [2.05, 4.69) is 5.32 Å². The number of fused-ring (bicyclic) bond motifs is 1. The Hall–Kier alpha value is -2.35. The molecule has 152 valence electrons. The molecule has 1 saturated heterocycles. The van der Waals surface area contributed by atoms with Crippen molar-refractivity contribution in [3.63, 3.8) is 0 Å². The van der Waals surface area contributed by atoms with Crippen molar-refractivity contribution < 1.29 is 17.6 Å². The van der Waals surface area contributed by atoms with Crippen LogP contribution in [0.15, 0.2) is 63.9 Å². The molecule has 6 nitrogen and oxygen atoms in total. The molecule has 0 spiro atoms. The highest BCUT2D eigenvalue weighted by atomic mass is 35.5. The lowest BCUT2D eigenvalue weighted by Gasteiger charge is -2.28. The van der Waals surface area contributed by atoms with Crippen LogP contribution < -0.4 is 5.32 Å². The summed E-state index contributed by atoms with van der Waals surface area (Å²) in [6, 6.07) is 14.5. The van der Waals surface area contributed by atoms with Gasteiger partial charge in [-0.1, -0.05) is 29.8 Å². The zero-order chi connectivity index (χ0) is 20.4. The maximum Gasteiger partial charge on any atom is 0.244 e. The predicted octanol–water partition coefficient (Wildman–Crippen LogP) is 3.95. The van der Waals surface area contributed by atoms with Crippen LogP contribution in [-0.4, -0.2) is 31.2 Å². The monoisotopic (exact) mass is 432 g/mol. The van der Waals surface area contributed by atoms with Crippen LogP contribution in [0.4, 0.5) is 0 Å². The SMILES string of the molecule is O=C1NCCCC[C@H]1N(Cc1cc2ccccc2o1)S(=O)(=O)c1ccc(Cl)cc1. The van der Waals surface area contributed by atoms with Gasteiger partial charge in [0.05, 0.1) is 11.4 Å². The quantitative estimate of drug-likeness (QED) is 0.662. The fourth-order valence-electron chi connectivity index (χ4n) is 3.57. The van der Waals surface area contributed by atoms with Crippen LogP contribution >= 0.6 is 11.6 Å². The third kappa shape index (κ3) is 4.17. The van der Waals surface area contributed by atoms with Crippen molar-refractivity contribution in [3.05, 3.63) is 65.4 Å². The minimum absolute atomic E-state index is 0.0300. The standard InChI is InChI=1S/C21H21ClN2O4S/c22-16-8-10-18(11-9-16)29(26,27)24(19-6-3-4-12-23-21(19)25)14-17-13-15-5-1-2-7-20(15)28-17/h1-2,5,7-11,13,19H,3-4,6,12,14H2,(H,23,25)/t19-/m1/s1. The molecule has 1 aliphatic heterocycles. The minimum atomic E-state index is -3.95. The Morgan fingerprint density at radius 3 is 2.62 bits per heavy atom. The van der Waals surface area contributed by atoms with Crippen molar-refractivity contribution in [1.82, 2.24) is 9.62 Å². The molecule has 0 unspecified atom stereocenters. The summed E-state index contributed by atoms with van der Waals surface area (Å²) in [5.74, 6) is 0.205. The van der Waals surface area contributed by atoms with Gasteiger partial charge in [-0.25, -0.2) is 8.42 Å². The van der Waals surface area contributed by atoms with Crippen molar-refractivity contribution >= 4 is 38.5 Å². The number of carbonyl (C=O) groups excluding carboxylic acids is 1. The lowest BCUT2D eigenvalue weighted by molar-refractivity contribution is -0.124. The van der Waals surface area contributed by atoms with Crippen LogP contribution in [0, 0.1) is 0 Å². The summed E-state index contributed by atoms with van der Waals surface area (Å²) in [7, 11) is -3.95. The van der Waals surface area contributed by atoms with Gasteiger partial charge in [-0.2, -0.15) is 4.31 Å². The van der Waals surface area contributed by atoms with Crippen molar-refractivity contribution in [2.45, 2.75) is 36.7 Å². The molecule has 3 aromatic rings. The number of nitrogens with zero attached hydrogens (tertiary/aromatic N) is 1. The van der Waals surface area contributed by atoms with E-state index in [0.717, 1.165) is 18.2 Å². The molecule has 2 aromatic carbocycles. The van der Waals surface area contributed by atoms with E-state index in [9.17, 15) is 13.2 Å². The first-order valence-electron chi connectivity index (χ1n) is 9.48. The largest absolute Gasteiger partial charge is 0.460 e. The van der Waals surface area contributed by atoms with E-state index in [1.165, 1.54) is 28.6 Å². The van der Waals surface area contributed by atoms with E-state index >= 15 is 0 Å². The summed E-state index contributed by atoms with van der Waals surface area (Å²) in [5.41, 5.74) is 0.677. The van der Waals surface area contributed by atoms with E-state index in [1.54, 1.807) is 0 Å². The molecule has 4 rings (SSSR count). The summed E-state index contributed by atoms with van der Waals surface area (Å²) in [5, 5.41) is 4.15. The molecule has 0 radical (unpaired) electrons. The van der Waals surface area contributed by atoms with E-state index in [0.29, 0.717) is 29.3 Å². The van der Waals surface area contributed by atoms with Gasteiger partial charge in [0.1, 0.15) is 17.4 Å². The van der Waals surface area contributed by atoms with Crippen molar-refractivity contribution in [2.24, 2.45) is 0 Å². The fourth-order valence-corrected chi connectivity index (χ4v) is 5.28. The number of halogens is 1. The van der Waals surface area contributed by atoms with E-state index in [1.807, 2.05) is 30.3 Å². The number of amides is 1. The minimum Gasteiger partial charge on any atom is -0.460 e. The fraction of sp³-hybridized carbons (Fsp3) is 0.286. The molecule has 1 N–H and O–H groups in total. The molecular formula is C21H21ClN2O4S. The first kappa shape index (κ1) is 19.9. The molecular weight excluding hydrogens is 412 g/mol. The summed E-state index contributed by atoms with van der Waals surface area (Å²) in [4.78, 5) is 12.8. The van der Waals surface area contributed by atoms with E-state index < -0.39 is 16.1 Å². The van der Waals surface area contributed by atoms with Gasteiger partial charge in [-0.3, -0.25) is 4.79 Å². The van der Waals surface area contributed by atoms with E-state index in [4.69, 9.17) is 16.0 Å². The van der Waals surface area contributed by atoms with Gasteiger partial charge < -0.3 is 9.73 Å². The van der Waals surface area contributed by atoms with Gasteiger partial charge in [0, 0.05) is 17.0 Å². The number of nitrogens with one attached hydrogen (secondary N) is 1. The second-order valence-corrected chi connectivity index (χ2v) is 9.38. The van der Waals surface area contributed by atoms with Crippen LogP contribution in [0.1, 0.15) is 25.0 Å². The Morgan fingerprint density at radius 2 is 1.86 bits per heavy atom. The smallest absolute Gasteiger partial charge is 0.244 e. The van der Waals surface area contributed by atoms with Crippen LogP contribution in [0.25, 0.3) is 11.0 Å². The number of carbonyl (C=O) groups is 1. The number of furan rings is 1. The van der Waals surface area contributed by atoms with Crippen LogP contribution in [0.3, 0.4) is 0 Å². The maximum atomic E-state index is 13.5. The molecule has 8 heteroatoms. The molecule has 0 saturated carbocycles. The Kier molecular flexibility index (Phi) is 5.63. The first-order chi connectivity index (χ1) is 13.9. The topological polar surface area (TPSA) is 79.6 Å². The molecule has 1 fully saturated rings. The average Bonchev–Trinajstić information content (AvgIpc) is 3.00. The number of hydrogen-bond acceptors (Lipinski definition) is 4. The third-order valence-corrected chi connectivity index (χ3v) is 7.18. The Morgan fingerprint density at radius 1 is 1.10 bits per heavy atom. The summed E-state index contributed by atoms with van der Waals surface area (Å²) < 4.78 is 34.1. The normalized spacial score (nSPS) is 18.0. The Balaban J connectivity index is 1.75. The van der Waals surface area contributed by atoms with Gasteiger partial charge in [0.25, 0.3) is 0 Å². The Labute approximate surface area is 174 Å². The van der Waals surface area contributed by atoms with Crippen LogP contribution in [0.2, 0.25) is 5.02 Å². The zero-order valence-corrected chi connectivity index (χ0v) is 17.2. The number of sulfonamides is 1. The Bertz CT molecular complexity index is 1090. The molecule has 1 atom stereocenters. The number of rotatable bonds is 5. The molecule has 29 heavy (non-hydrogen) atoms. The predicted molar refractivity (Wildman–Crippen MR) is 111 cm³/mol. The van der Waals surface area contributed by atoms with Gasteiger partial charge in [-0.15, -0.1) is 0 Å².